The predicted octanol–water partition coefficient (Wildman–Crippen LogP) is 2.26. The number of imidazole rings is 1. The monoisotopic (exact) mass is 261 g/mol. The van der Waals surface area contributed by atoms with Gasteiger partial charge in [-0.3, -0.25) is 0 Å². The van der Waals surface area contributed by atoms with Crippen molar-refractivity contribution >= 4 is 11.0 Å². The van der Waals surface area contributed by atoms with Crippen molar-refractivity contribution in [1.29, 1.82) is 0 Å². The summed E-state index contributed by atoms with van der Waals surface area (Å²) < 4.78 is 2.11. The molecule has 4 nitrogen and oxygen atoms in total. The molecule has 0 fully saturated rings. The number of hydrogen-bond acceptors (Lipinski definition) is 3. The van der Waals surface area contributed by atoms with Crippen LogP contribution < -0.4 is 0 Å². The summed E-state index contributed by atoms with van der Waals surface area (Å²) in [5, 5.41) is 9.02. The van der Waals surface area contributed by atoms with Crippen molar-refractivity contribution in [1.82, 2.24) is 14.5 Å². The van der Waals surface area contributed by atoms with E-state index >= 15 is 0 Å². The van der Waals surface area contributed by atoms with Gasteiger partial charge in [-0.2, -0.15) is 0 Å². The van der Waals surface area contributed by atoms with Crippen molar-refractivity contribution in [2.24, 2.45) is 7.05 Å². The minimum atomic E-state index is 0.245. The smallest absolute Gasteiger partial charge is 0.106 e. The zero-order chi connectivity index (χ0) is 14.0. The fourth-order valence-corrected chi connectivity index (χ4v) is 2.55. The second kappa shape index (κ2) is 5.72. The van der Waals surface area contributed by atoms with E-state index in [1.807, 2.05) is 14.0 Å². The van der Waals surface area contributed by atoms with Gasteiger partial charge in [-0.05, 0) is 51.6 Å². The lowest BCUT2D eigenvalue weighted by Gasteiger charge is -2.24. The van der Waals surface area contributed by atoms with E-state index in [0.29, 0.717) is 6.04 Å². The van der Waals surface area contributed by atoms with E-state index in [9.17, 15) is 0 Å². The number of benzene rings is 1. The third kappa shape index (κ3) is 2.80. The van der Waals surface area contributed by atoms with Crippen LogP contribution in [0.3, 0.4) is 0 Å². The zero-order valence-corrected chi connectivity index (χ0v) is 12.2. The number of aromatic nitrogens is 2. The lowest BCUT2D eigenvalue weighted by atomic mass is 10.0. The summed E-state index contributed by atoms with van der Waals surface area (Å²) in [7, 11) is 6.20. The number of aliphatic hydroxyl groups is 1. The summed E-state index contributed by atoms with van der Waals surface area (Å²) in [4.78, 5) is 6.79. The molecule has 1 aromatic heterocycles. The number of aryl methyl sites for hydroxylation is 2. The second-order valence-corrected chi connectivity index (χ2v) is 5.31. The van der Waals surface area contributed by atoms with Crippen molar-refractivity contribution in [3.8, 4) is 0 Å². The van der Waals surface area contributed by atoms with E-state index in [1.54, 1.807) is 0 Å². The molecule has 19 heavy (non-hydrogen) atoms. The third-order valence-corrected chi connectivity index (χ3v) is 3.77. The molecule has 0 aliphatic carbocycles. The molecule has 1 unspecified atom stereocenters. The van der Waals surface area contributed by atoms with Crippen LogP contribution in [-0.4, -0.2) is 40.3 Å². The lowest BCUT2D eigenvalue weighted by Crippen LogP contribution is -2.20. The van der Waals surface area contributed by atoms with Crippen LogP contribution >= 0.6 is 0 Å². The Labute approximate surface area is 114 Å². The summed E-state index contributed by atoms with van der Waals surface area (Å²) in [5.41, 5.74) is 3.48. The number of rotatable bonds is 5. The Morgan fingerprint density at radius 1 is 1.37 bits per heavy atom. The molecule has 0 bridgehead atoms. The Balaban J connectivity index is 2.37. The van der Waals surface area contributed by atoms with Crippen molar-refractivity contribution in [3.05, 3.63) is 29.6 Å². The number of fused-ring (bicyclic) bond motifs is 1. The molecule has 1 N–H and O–H groups in total. The van der Waals surface area contributed by atoms with Gasteiger partial charge in [0.05, 0.1) is 11.0 Å². The molecule has 1 atom stereocenters. The molecular weight excluding hydrogens is 238 g/mol. The summed E-state index contributed by atoms with van der Waals surface area (Å²) in [6.45, 7) is 2.27. The molecule has 0 aliphatic heterocycles. The molecule has 0 amide bonds. The molecule has 2 rings (SSSR count). The molecule has 0 saturated carbocycles. The predicted molar refractivity (Wildman–Crippen MR) is 78.2 cm³/mol. The largest absolute Gasteiger partial charge is 0.396 e. The molecular formula is C15H23N3O. The van der Waals surface area contributed by atoms with Gasteiger partial charge in [-0.15, -0.1) is 0 Å². The topological polar surface area (TPSA) is 41.3 Å². The van der Waals surface area contributed by atoms with E-state index in [4.69, 9.17) is 5.11 Å². The average Bonchev–Trinajstić information content (AvgIpc) is 2.65. The van der Waals surface area contributed by atoms with Crippen LogP contribution in [0.4, 0.5) is 0 Å². The van der Waals surface area contributed by atoms with E-state index in [1.165, 1.54) is 11.1 Å². The fraction of sp³-hybridized carbons (Fsp3) is 0.533. The van der Waals surface area contributed by atoms with Gasteiger partial charge in [0.25, 0.3) is 0 Å². The number of aliphatic hydroxyl groups excluding tert-OH is 1. The highest BCUT2D eigenvalue weighted by Gasteiger charge is 2.15. The van der Waals surface area contributed by atoms with Crippen LogP contribution in [-0.2, 0) is 7.05 Å². The molecule has 0 saturated heterocycles. The fourth-order valence-electron chi connectivity index (χ4n) is 2.55. The van der Waals surface area contributed by atoms with Crippen LogP contribution in [0.5, 0.6) is 0 Å². The average molecular weight is 261 g/mol. The summed E-state index contributed by atoms with van der Waals surface area (Å²) in [6.07, 6.45) is 1.78. The summed E-state index contributed by atoms with van der Waals surface area (Å²) in [6, 6.07) is 6.81. The van der Waals surface area contributed by atoms with Crippen LogP contribution in [0.1, 0.15) is 30.3 Å². The maximum Gasteiger partial charge on any atom is 0.106 e. The Morgan fingerprint density at radius 3 is 2.74 bits per heavy atom. The van der Waals surface area contributed by atoms with Crippen molar-refractivity contribution in [3.63, 3.8) is 0 Å². The minimum absolute atomic E-state index is 0.245. The van der Waals surface area contributed by atoms with Gasteiger partial charge >= 0.3 is 0 Å². The Hall–Kier alpha value is -1.39. The maximum atomic E-state index is 9.02. The highest BCUT2D eigenvalue weighted by Crippen LogP contribution is 2.26. The third-order valence-electron chi connectivity index (χ3n) is 3.77. The quantitative estimate of drug-likeness (QED) is 0.897. The van der Waals surface area contributed by atoms with E-state index in [2.05, 4.69) is 46.7 Å². The molecule has 0 aliphatic rings. The molecule has 2 aromatic rings. The lowest BCUT2D eigenvalue weighted by molar-refractivity contribution is 0.235. The van der Waals surface area contributed by atoms with Gasteiger partial charge in [-0.25, -0.2) is 4.98 Å². The van der Waals surface area contributed by atoms with E-state index in [0.717, 1.165) is 24.2 Å². The minimum Gasteiger partial charge on any atom is -0.396 e. The first-order valence-corrected chi connectivity index (χ1v) is 6.75. The van der Waals surface area contributed by atoms with Gasteiger partial charge in [0.2, 0.25) is 0 Å². The molecule has 4 heteroatoms. The maximum absolute atomic E-state index is 9.02. The molecule has 0 spiro atoms. The van der Waals surface area contributed by atoms with Gasteiger partial charge < -0.3 is 14.6 Å². The van der Waals surface area contributed by atoms with Gasteiger partial charge in [0, 0.05) is 19.7 Å². The first-order chi connectivity index (χ1) is 9.04. The van der Waals surface area contributed by atoms with Crippen LogP contribution in [0.15, 0.2) is 18.2 Å². The zero-order valence-electron chi connectivity index (χ0n) is 12.2. The first kappa shape index (κ1) is 14.0. The van der Waals surface area contributed by atoms with Crippen molar-refractivity contribution in [2.45, 2.75) is 25.8 Å². The molecule has 0 radical (unpaired) electrons. The number of hydrogen-bond donors (Lipinski definition) is 1. The second-order valence-electron chi connectivity index (χ2n) is 5.31. The van der Waals surface area contributed by atoms with Crippen molar-refractivity contribution in [2.75, 3.05) is 20.7 Å². The Kier molecular flexibility index (Phi) is 4.22. The summed E-state index contributed by atoms with van der Waals surface area (Å²) in [5.74, 6) is 1.03. The van der Waals surface area contributed by atoms with E-state index < -0.39 is 0 Å². The molecule has 1 heterocycles. The molecule has 1 aromatic carbocycles. The Morgan fingerprint density at radius 2 is 2.11 bits per heavy atom. The highest BCUT2D eigenvalue weighted by molar-refractivity contribution is 5.76. The molecule has 104 valence electrons. The Bertz CT molecular complexity index is 560. The van der Waals surface area contributed by atoms with Gasteiger partial charge in [-0.1, -0.05) is 6.07 Å². The van der Waals surface area contributed by atoms with Crippen LogP contribution in [0, 0.1) is 6.92 Å². The number of nitrogens with zero attached hydrogens (tertiary/aromatic N) is 3. The van der Waals surface area contributed by atoms with Gasteiger partial charge in [0.15, 0.2) is 0 Å². The van der Waals surface area contributed by atoms with E-state index in [-0.39, 0.29) is 6.61 Å². The standard InChI is InChI=1S/C15H23N3O/c1-11-16-13-10-12(7-8-15(13)18(11)4)14(17(2)3)6-5-9-19/h7-8,10,14,19H,5-6,9H2,1-4H3. The first-order valence-electron chi connectivity index (χ1n) is 6.75. The SMILES string of the molecule is Cc1nc2cc(C(CCCO)N(C)C)ccc2n1C. The van der Waals surface area contributed by atoms with Crippen molar-refractivity contribution < 1.29 is 5.11 Å². The normalized spacial score (nSPS) is 13.4. The van der Waals surface area contributed by atoms with Gasteiger partial charge in [0.1, 0.15) is 5.82 Å². The van der Waals surface area contributed by atoms with Crippen LogP contribution in [0.2, 0.25) is 0 Å². The van der Waals surface area contributed by atoms with Crippen LogP contribution in [0.25, 0.3) is 11.0 Å². The highest BCUT2D eigenvalue weighted by atomic mass is 16.2. The summed E-state index contributed by atoms with van der Waals surface area (Å²) >= 11 is 0.